The molecular formula is C19H17NO3S. The van der Waals surface area contributed by atoms with Crippen LogP contribution in [0, 0.1) is 5.41 Å². The predicted octanol–water partition coefficient (Wildman–Crippen LogP) is 4.17. The molecule has 0 radical (unpaired) electrons. The van der Waals surface area contributed by atoms with Crippen molar-refractivity contribution in [3.63, 3.8) is 0 Å². The fourth-order valence-electron chi connectivity index (χ4n) is 2.52. The number of hydrogen-bond acceptors (Lipinski definition) is 3. The van der Waals surface area contributed by atoms with Gasteiger partial charge in [0.2, 0.25) is 5.91 Å². The number of amides is 1. The fourth-order valence-corrected chi connectivity index (χ4v) is 3.74. The molecule has 4 nitrogen and oxygen atoms in total. The highest BCUT2D eigenvalue weighted by Gasteiger charge is 2.42. The molecule has 3 aromatic rings. The van der Waals surface area contributed by atoms with E-state index in [1.807, 2.05) is 36.4 Å². The van der Waals surface area contributed by atoms with E-state index in [0.29, 0.717) is 5.69 Å². The van der Waals surface area contributed by atoms with Gasteiger partial charge in [0.25, 0.3) is 0 Å². The average molecular weight is 339 g/mol. The summed E-state index contributed by atoms with van der Waals surface area (Å²) in [6, 6.07) is 18.7. The number of carbonyl (C=O) groups is 2. The number of para-hydroxylation sites is 1. The van der Waals surface area contributed by atoms with Crippen LogP contribution in [0.1, 0.15) is 11.8 Å². The highest BCUT2D eigenvalue weighted by atomic mass is 32.1. The van der Waals surface area contributed by atoms with Crippen LogP contribution in [0.25, 0.3) is 10.1 Å². The summed E-state index contributed by atoms with van der Waals surface area (Å²) >= 11 is 1.52. The van der Waals surface area contributed by atoms with Crippen molar-refractivity contribution in [3.05, 3.63) is 65.5 Å². The van der Waals surface area contributed by atoms with Gasteiger partial charge in [0, 0.05) is 21.7 Å². The molecule has 1 aromatic heterocycles. The van der Waals surface area contributed by atoms with Gasteiger partial charge in [0.15, 0.2) is 0 Å². The normalized spacial score (nSPS) is 13.4. The second-order valence-corrected chi connectivity index (χ2v) is 7.05. The van der Waals surface area contributed by atoms with Crippen LogP contribution in [0.2, 0.25) is 0 Å². The molecule has 0 saturated heterocycles. The minimum atomic E-state index is -1.53. The number of nitrogens with one attached hydrogen (secondary N) is 1. The second kappa shape index (κ2) is 6.45. The smallest absolute Gasteiger partial charge is 0.319 e. The van der Waals surface area contributed by atoms with E-state index in [9.17, 15) is 14.7 Å². The molecule has 5 heteroatoms. The molecule has 1 amide bonds. The van der Waals surface area contributed by atoms with Gasteiger partial charge in [-0.25, -0.2) is 0 Å². The third kappa shape index (κ3) is 3.16. The van der Waals surface area contributed by atoms with Crippen molar-refractivity contribution in [1.82, 2.24) is 0 Å². The van der Waals surface area contributed by atoms with Crippen LogP contribution < -0.4 is 5.32 Å². The topological polar surface area (TPSA) is 66.4 Å². The van der Waals surface area contributed by atoms with Gasteiger partial charge in [0.05, 0.1) is 0 Å². The summed E-state index contributed by atoms with van der Waals surface area (Å²) < 4.78 is 1.09. The molecule has 1 atom stereocenters. The summed E-state index contributed by atoms with van der Waals surface area (Å²) in [6.07, 6.45) is 0.153. The van der Waals surface area contributed by atoms with Gasteiger partial charge in [-0.3, -0.25) is 9.59 Å². The molecule has 24 heavy (non-hydrogen) atoms. The highest BCUT2D eigenvalue weighted by Crippen LogP contribution is 2.32. The number of aliphatic carboxylic acids is 1. The van der Waals surface area contributed by atoms with Crippen LogP contribution >= 0.6 is 11.3 Å². The lowest BCUT2D eigenvalue weighted by molar-refractivity contribution is -0.152. The van der Waals surface area contributed by atoms with Gasteiger partial charge in [-0.2, -0.15) is 0 Å². The number of fused-ring (bicyclic) bond motifs is 1. The summed E-state index contributed by atoms with van der Waals surface area (Å²) in [4.78, 5) is 25.3. The molecule has 0 bridgehead atoms. The summed E-state index contributed by atoms with van der Waals surface area (Å²) in [5, 5.41) is 13.4. The average Bonchev–Trinajstić information content (AvgIpc) is 2.97. The molecule has 3 rings (SSSR count). The zero-order valence-electron chi connectivity index (χ0n) is 13.2. The number of carboxylic acids is 1. The molecule has 0 aliphatic rings. The lowest BCUT2D eigenvalue weighted by Crippen LogP contribution is -2.42. The van der Waals surface area contributed by atoms with Crippen molar-refractivity contribution in [3.8, 4) is 0 Å². The first-order chi connectivity index (χ1) is 11.5. The van der Waals surface area contributed by atoms with Crippen molar-refractivity contribution in [2.24, 2.45) is 5.41 Å². The zero-order chi connectivity index (χ0) is 17.2. The molecule has 0 aliphatic heterocycles. The fraction of sp³-hybridized carbons (Fsp3) is 0.158. The zero-order valence-corrected chi connectivity index (χ0v) is 14.0. The van der Waals surface area contributed by atoms with Crippen molar-refractivity contribution in [2.45, 2.75) is 13.3 Å². The Morgan fingerprint density at radius 3 is 2.42 bits per heavy atom. The van der Waals surface area contributed by atoms with Crippen LogP contribution in [-0.2, 0) is 16.0 Å². The summed E-state index contributed by atoms with van der Waals surface area (Å²) in [5.74, 6) is -1.65. The molecule has 0 saturated carbocycles. The first-order valence-corrected chi connectivity index (χ1v) is 8.38. The van der Waals surface area contributed by atoms with E-state index in [-0.39, 0.29) is 6.42 Å². The Balaban J connectivity index is 1.87. The Morgan fingerprint density at radius 2 is 1.75 bits per heavy atom. The van der Waals surface area contributed by atoms with Crippen LogP contribution in [0.5, 0.6) is 0 Å². The largest absolute Gasteiger partial charge is 0.480 e. The molecule has 2 N–H and O–H groups in total. The number of thiophene rings is 1. The Bertz CT molecular complexity index is 855. The third-order valence-corrected chi connectivity index (χ3v) is 5.13. The maximum Gasteiger partial charge on any atom is 0.319 e. The van der Waals surface area contributed by atoms with Gasteiger partial charge < -0.3 is 10.4 Å². The molecule has 122 valence electrons. The van der Waals surface area contributed by atoms with Crippen LogP contribution in [0.3, 0.4) is 0 Å². The number of rotatable bonds is 5. The number of benzene rings is 2. The highest BCUT2D eigenvalue weighted by molar-refractivity contribution is 7.19. The van der Waals surface area contributed by atoms with Crippen LogP contribution in [0.4, 0.5) is 5.69 Å². The molecule has 0 aliphatic carbocycles. The Labute approximate surface area is 143 Å². The SMILES string of the molecule is CC(Cc1cc2ccccc2s1)(C(=O)O)C(=O)Nc1ccccc1. The summed E-state index contributed by atoms with van der Waals surface area (Å²) in [7, 11) is 0. The van der Waals surface area contributed by atoms with Crippen molar-refractivity contribution >= 4 is 39.0 Å². The minimum Gasteiger partial charge on any atom is -0.480 e. The number of carboxylic acid groups (broad SMARTS) is 1. The van der Waals surface area contributed by atoms with Crippen LogP contribution in [-0.4, -0.2) is 17.0 Å². The van der Waals surface area contributed by atoms with Crippen molar-refractivity contribution < 1.29 is 14.7 Å². The maximum atomic E-state index is 12.6. The van der Waals surface area contributed by atoms with E-state index in [0.717, 1.165) is 15.0 Å². The van der Waals surface area contributed by atoms with Crippen molar-refractivity contribution in [1.29, 1.82) is 0 Å². The van der Waals surface area contributed by atoms with E-state index in [4.69, 9.17) is 0 Å². The lowest BCUT2D eigenvalue weighted by atomic mass is 9.85. The standard InChI is InChI=1S/C19H17NO3S/c1-19(18(22)23,17(21)20-14-8-3-2-4-9-14)12-15-11-13-7-5-6-10-16(13)24-15/h2-11H,12H2,1H3,(H,20,21)(H,22,23). The quantitative estimate of drug-likeness (QED) is 0.686. The van der Waals surface area contributed by atoms with Gasteiger partial charge >= 0.3 is 5.97 Å². The van der Waals surface area contributed by atoms with E-state index in [2.05, 4.69) is 5.32 Å². The summed E-state index contributed by atoms with van der Waals surface area (Å²) in [5.41, 5.74) is -0.942. The molecule has 0 spiro atoms. The van der Waals surface area contributed by atoms with Gasteiger partial charge in [0.1, 0.15) is 5.41 Å². The van der Waals surface area contributed by atoms with E-state index in [1.165, 1.54) is 18.3 Å². The lowest BCUT2D eigenvalue weighted by Gasteiger charge is -2.23. The summed E-state index contributed by atoms with van der Waals surface area (Å²) in [6.45, 7) is 1.47. The van der Waals surface area contributed by atoms with Crippen LogP contribution in [0.15, 0.2) is 60.7 Å². The first kappa shape index (κ1) is 16.2. The Kier molecular flexibility index (Phi) is 4.36. The third-order valence-electron chi connectivity index (χ3n) is 4.01. The number of carbonyl (C=O) groups excluding carboxylic acids is 1. The first-order valence-electron chi connectivity index (χ1n) is 7.56. The Hall–Kier alpha value is -2.66. The maximum absolute atomic E-state index is 12.6. The molecule has 0 fully saturated rings. The van der Waals surface area contributed by atoms with Gasteiger partial charge in [-0.15, -0.1) is 11.3 Å². The number of hydrogen-bond donors (Lipinski definition) is 2. The van der Waals surface area contributed by atoms with Crippen molar-refractivity contribution in [2.75, 3.05) is 5.32 Å². The molecular weight excluding hydrogens is 322 g/mol. The van der Waals surface area contributed by atoms with E-state index >= 15 is 0 Å². The monoisotopic (exact) mass is 339 g/mol. The number of anilines is 1. The van der Waals surface area contributed by atoms with Gasteiger partial charge in [-0.05, 0) is 36.6 Å². The second-order valence-electron chi connectivity index (χ2n) is 5.88. The predicted molar refractivity (Wildman–Crippen MR) is 96.3 cm³/mol. The molecule has 1 unspecified atom stereocenters. The van der Waals surface area contributed by atoms with Gasteiger partial charge in [-0.1, -0.05) is 36.4 Å². The van der Waals surface area contributed by atoms with E-state index in [1.54, 1.807) is 24.3 Å². The molecule has 2 aromatic carbocycles. The Morgan fingerprint density at radius 1 is 1.08 bits per heavy atom. The van der Waals surface area contributed by atoms with E-state index < -0.39 is 17.3 Å². The molecule has 1 heterocycles. The minimum absolute atomic E-state index is 0.153.